The van der Waals surface area contributed by atoms with Gasteiger partial charge in [0.15, 0.2) is 0 Å². The highest BCUT2D eigenvalue weighted by Crippen LogP contribution is 2.41. The number of nitrogens with one attached hydrogen (secondary N) is 2. The fourth-order valence-corrected chi connectivity index (χ4v) is 4.79. The summed E-state index contributed by atoms with van der Waals surface area (Å²) in [6, 6.07) is 25.1. The van der Waals surface area contributed by atoms with Crippen LogP contribution in [0.1, 0.15) is 39.0 Å². The second kappa shape index (κ2) is 8.35. The first-order valence-electron chi connectivity index (χ1n) is 10.9. The number of amides is 2. The van der Waals surface area contributed by atoms with E-state index >= 15 is 0 Å². The Hall–Kier alpha value is -3.86. The maximum atomic E-state index is 13.5. The number of likely N-dealkylation sites (N-methyl/N-ethyl adjacent to an activating group) is 1. The van der Waals surface area contributed by atoms with Gasteiger partial charge in [0.1, 0.15) is 0 Å². The van der Waals surface area contributed by atoms with Crippen LogP contribution >= 0.6 is 0 Å². The summed E-state index contributed by atoms with van der Waals surface area (Å²) in [7, 11) is 1.78. The molecule has 3 aromatic carbocycles. The maximum Gasteiger partial charge on any atom is 0.254 e. The highest BCUT2D eigenvalue weighted by molar-refractivity contribution is 6.01. The fourth-order valence-electron chi connectivity index (χ4n) is 4.79. The molecule has 5 nitrogen and oxygen atoms in total. The SMILES string of the molecule is CN1C(=O)c2ccccc2C(C(=O)NCCc2c[nH]c3ccccc23)C1c1ccccc1. The third kappa shape index (κ3) is 3.46. The lowest BCUT2D eigenvalue weighted by Crippen LogP contribution is -2.45. The van der Waals surface area contributed by atoms with E-state index in [1.165, 1.54) is 10.9 Å². The van der Waals surface area contributed by atoms with Gasteiger partial charge in [-0.05, 0) is 35.2 Å². The first-order valence-corrected chi connectivity index (χ1v) is 10.9. The summed E-state index contributed by atoms with van der Waals surface area (Å²) in [4.78, 5) is 31.6. The fraction of sp³-hybridized carbons (Fsp3) is 0.185. The van der Waals surface area contributed by atoms with E-state index in [9.17, 15) is 9.59 Å². The smallest absolute Gasteiger partial charge is 0.254 e. The molecule has 2 atom stereocenters. The van der Waals surface area contributed by atoms with Crippen molar-refractivity contribution in [3.8, 4) is 0 Å². The minimum absolute atomic E-state index is 0.0581. The highest BCUT2D eigenvalue weighted by Gasteiger charge is 2.42. The number of hydrogen-bond donors (Lipinski definition) is 2. The van der Waals surface area contributed by atoms with Gasteiger partial charge in [0.25, 0.3) is 5.91 Å². The third-order valence-electron chi connectivity index (χ3n) is 6.37. The zero-order chi connectivity index (χ0) is 22.1. The van der Waals surface area contributed by atoms with Crippen LogP contribution in [0.3, 0.4) is 0 Å². The first-order chi connectivity index (χ1) is 15.6. The summed E-state index contributed by atoms with van der Waals surface area (Å²) < 4.78 is 0. The Morgan fingerprint density at radius 3 is 2.53 bits per heavy atom. The summed E-state index contributed by atoms with van der Waals surface area (Å²) in [6.45, 7) is 0.526. The van der Waals surface area contributed by atoms with Gasteiger partial charge in [-0.2, -0.15) is 0 Å². The standard InChI is InChI=1S/C27H25N3O2/c1-30-25(18-9-3-2-4-10-18)24(21-12-5-6-13-22(21)27(30)32)26(31)28-16-15-19-17-29-23-14-8-7-11-20(19)23/h2-14,17,24-25,29H,15-16H2,1H3,(H,28,31). The summed E-state index contributed by atoms with van der Waals surface area (Å²) in [5.74, 6) is -0.595. The predicted molar refractivity (Wildman–Crippen MR) is 125 cm³/mol. The Morgan fingerprint density at radius 1 is 0.969 bits per heavy atom. The molecule has 2 N–H and O–H groups in total. The molecule has 2 unspecified atom stereocenters. The van der Waals surface area contributed by atoms with Crippen LogP contribution in [0.25, 0.3) is 10.9 Å². The number of H-pyrrole nitrogens is 1. The summed E-state index contributed by atoms with van der Waals surface area (Å²) in [6.07, 6.45) is 2.74. The second-order valence-corrected chi connectivity index (χ2v) is 8.24. The lowest BCUT2D eigenvalue weighted by Gasteiger charge is -2.39. The largest absolute Gasteiger partial charge is 0.361 e. The molecule has 0 saturated heterocycles. The van der Waals surface area contributed by atoms with E-state index in [2.05, 4.69) is 16.4 Å². The van der Waals surface area contributed by atoms with Crippen molar-refractivity contribution in [2.24, 2.45) is 0 Å². The zero-order valence-electron chi connectivity index (χ0n) is 17.9. The Balaban J connectivity index is 1.42. The van der Waals surface area contributed by atoms with Gasteiger partial charge in [-0.3, -0.25) is 9.59 Å². The van der Waals surface area contributed by atoms with Crippen LogP contribution in [0.4, 0.5) is 0 Å². The lowest BCUT2D eigenvalue weighted by atomic mass is 9.79. The number of benzene rings is 3. The van der Waals surface area contributed by atoms with Crippen LogP contribution in [0.2, 0.25) is 0 Å². The van der Waals surface area contributed by atoms with Crippen molar-refractivity contribution in [1.29, 1.82) is 0 Å². The Labute approximate surface area is 187 Å². The van der Waals surface area contributed by atoms with Crippen LogP contribution < -0.4 is 5.32 Å². The molecule has 160 valence electrons. The predicted octanol–water partition coefficient (Wildman–Crippen LogP) is 4.44. The molecular formula is C27H25N3O2. The number of carbonyl (C=O) groups is 2. The second-order valence-electron chi connectivity index (χ2n) is 8.24. The van der Waals surface area contributed by atoms with Crippen molar-refractivity contribution >= 4 is 22.7 Å². The number of para-hydroxylation sites is 1. The normalized spacial score (nSPS) is 17.9. The molecule has 2 heterocycles. The van der Waals surface area contributed by atoms with Crippen molar-refractivity contribution < 1.29 is 9.59 Å². The number of aromatic amines is 1. The van der Waals surface area contributed by atoms with Crippen molar-refractivity contribution in [3.05, 3.63) is 107 Å². The molecule has 0 radical (unpaired) electrons. The van der Waals surface area contributed by atoms with E-state index in [-0.39, 0.29) is 17.9 Å². The van der Waals surface area contributed by atoms with Crippen molar-refractivity contribution in [1.82, 2.24) is 15.2 Å². The molecule has 0 spiro atoms. The number of rotatable bonds is 5. The molecule has 5 heteroatoms. The molecule has 0 bridgehead atoms. The average molecular weight is 424 g/mol. The monoisotopic (exact) mass is 423 g/mol. The molecule has 4 aromatic rings. The Morgan fingerprint density at radius 2 is 1.69 bits per heavy atom. The molecule has 5 rings (SSSR count). The molecule has 1 aliphatic rings. The van der Waals surface area contributed by atoms with E-state index in [1.807, 2.05) is 79.0 Å². The van der Waals surface area contributed by atoms with Gasteiger partial charge in [-0.15, -0.1) is 0 Å². The number of fused-ring (bicyclic) bond motifs is 2. The molecule has 0 fully saturated rings. The molecule has 1 aromatic heterocycles. The lowest BCUT2D eigenvalue weighted by molar-refractivity contribution is -0.124. The van der Waals surface area contributed by atoms with E-state index in [4.69, 9.17) is 0 Å². The first kappa shape index (κ1) is 20.1. The topological polar surface area (TPSA) is 65.2 Å². The van der Waals surface area contributed by atoms with Gasteiger partial charge in [0, 0.05) is 36.3 Å². The van der Waals surface area contributed by atoms with Gasteiger partial charge in [0.2, 0.25) is 5.91 Å². The van der Waals surface area contributed by atoms with Crippen LogP contribution in [0.5, 0.6) is 0 Å². The third-order valence-corrected chi connectivity index (χ3v) is 6.37. The Kier molecular flexibility index (Phi) is 5.23. The molecule has 0 aliphatic carbocycles. The molecule has 32 heavy (non-hydrogen) atoms. The Bertz CT molecular complexity index is 1280. The van der Waals surface area contributed by atoms with E-state index in [1.54, 1.807) is 11.9 Å². The zero-order valence-corrected chi connectivity index (χ0v) is 17.9. The van der Waals surface area contributed by atoms with Crippen LogP contribution in [-0.2, 0) is 11.2 Å². The van der Waals surface area contributed by atoms with E-state index in [0.29, 0.717) is 12.1 Å². The summed E-state index contributed by atoms with van der Waals surface area (Å²) in [5, 5.41) is 4.32. The van der Waals surface area contributed by atoms with Crippen LogP contribution in [0, 0.1) is 0 Å². The maximum absolute atomic E-state index is 13.5. The number of hydrogen-bond acceptors (Lipinski definition) is 2. The highest BCUT2D eigenvalue weighted by atomic mass is 16.2. The molecule has 0 saturated carbocycles. The number of carbonyl (C=O) groups excluding carboxylic acids is 2. The minimum atomic E-state index is -0.473. The van der Waals surface area contributed by atoms with Crippen molar-refractivity contribution in [2.45, 2.75) is 18.4 Å². The number of aromatic nitrogens is 1. The summed E-state index contributed by atoms with van der Waals surface area (Å²) in [5.41, 5.74) is 4.61. The quantitative estimate of drug-likeness (QED) is 0.499. The van der Waals surface area contributed by atoms with Gasteiger partial charge >= 0.3 is 0 Å². The summed E-state index contributed by atoms with van der Waals surface area (Å²) >= 11 is 0. The minimum Gasteiger partial charge on any atom is -0.361 e. The number of nitrogens with zero attached hydrogens (tertiary/aromatic N) is 1. The molecule has 1 aliphatic heterocycles. The van der Waals surface area contributed by atoms with Crippen LogP contribution in [-0.4, -0.2) is 35.3 Å². The van der Waals surface area contributed by atoms with E-state index in [0.717, 1.165) is 23.1 Å². The van der Waals surface area contributed by atoms with E-state index < -0.39 is 5.92 Å². The van der Waals surface area contributed by atoms with Crippen molar-refractivity contribution in [3.63, 3.8) is 0 Å². The van der Waals surface area contributed by atoms with Gasteiger partial charge in [-0.25, -0.2) is 0 Å². The van der Waals surface area contributed by atoms with Gasteiger partial charge < -0.3 is 15.2 Å². The molecule has 2 amide bonds. The average Bonchev–Trinajstić information content (AvgIpc) is 3.25. The molecular weight excluding hydrogens is 398 g/mol. The van der Waals surface area contributed by atoms with Gasteiger partial charge in [0.05, 0.1) is 12.0 Å². The van der Waals surface area contributed by atoms with Crippen molar-refractivity contribution in [2.75, 3.05) is 13.6 Å². The van der Waals surface area contributed by atoms with Crippen LogP contribution in [0.15, 0.2) is 85.1 Å². The van der Waals surface area contributed by atoms with Gasteiger partial charge in [-0.1, -0.05) is 66.7 Å².